The van der Waals surface area contributed by atoms with Crippen LogP contribution >= 0.6 is 11.6 Å². The number of aliphatic hydroxyl groups excluding tert-OH is 1. The molecule has 0 saturated carbocycles. The maximum absolute atomic E-state index is 12.0. The summed E-state index contributed by atoms with van der Waals surface area (Å²) in [6, 6.07) is 11.7. The standard InChI is InChI=1S/C14H10ClF3O2/c15-12-4-2-1-3-11(12)13(19)9-5-7-10(8-6-9)20-14(16,17)18/h1-8,13,19H. The Kier molecular flexibility index (Phi) is 4.20. The summed E-state index contributed by atoms with van der Waals surface area (Å²) in [5, 5.41) is 10.5. The molecule has 0 radical (unpaired) electrons. The van der Waals surface area contributed by atoms with Gasteiger partial charge in [-0.05, 0) is 23.8 Å². The molecule has 0 aliphatic carbocycles. The topological polar surface area (TPSA) is 29.5 Å². The van der Waals surface area contributed by atoms with Gasteiger partial charge in [0.15, 0.2) is 0 Å². The number of benzene rings is 2. The van der Waals surface area contributed by atoms with E-state index in [1.807, 2.05) is 0 Å². The summed E-state index contributed by atoms with van der Waals surface area (Å²) in [5.41, 5.74) is 0.909. The van der Waals surface area contributed by atoms with Crippen LogP contribution in [0, 0.1) is 0 Å². The number of hydrogen-bond donors (Lipinski definition) is 1. The molecule has 20 heavy (non-hydrogen) atoms. The molecule has 1 atom stereocenters. The molecule has 0 saturated heterocycles. The zero-order chi connectivity index (χ0) is 14.8. The Morgan fingerprint density at radius 1 is 1.00 bits per heavy atom. The molecule has 0 amide bonds. The van der Waals surface area contributed by atoms with Crippen LogP contribution in [0.1, 0.15) is 17.2 Å². The Balaban J connectivity index is 2.20. The Morgan fingerprint density at radius 2 is 1.60 bits per heavy atom. The predicted molar refractivity (Wildman–Crippen MR) is 68.6 cm³/mol. The summed E-state index contributed by atoms with van der Waals surface area (Å²) in [5.74, 6) is -0.340. The van der Waals surface area contributed by atoms with E-state index in [0.29, 0.717) is 16.1 Å². The van der Waals surface area contributed by atoms with Crippen LogP contribution in [-0.4, -0.2) is 11.5 Å². The number of aliphatic hydroxyl groups is 1. The number of alkyl halides is 3. The van der Waals surface area contributed by atoms with Crippen molar-refractivity contribution < 1.29 is 23.0 Å². The van der Waals surface area contributed by atoms with Crippen molar-refractivity contribution in [3.63, 3.8) is 0 Å². The predicted octanol–water partition coefficient (Wildman–Crippen LogP) is 4.32. The molecule has 0 aromatic heterocycles. The van der Waals surface area contributed by atoms with E-state index in [1.54, 1.807) is 24.3 Å². The zero-order valence-electron chi connectivity index (χ0n) is 10.1. The summed E-state index contributed by atoms with van der Waals surface area (Å²) in [7, 11) is 0. The molecule has 0 heterocycles. The highest BCUT2D eigenvalue weighted by Crippen LogP contribution is 2.30. The van der Waals surface area contributed by atoms with Crippen molar-refractivity contribution in [3.8, 4) is 5.75 Å². The van der Waals surface area contributed by atoms with Gasteiger partial charge in [0.25, 0.3) is 0 Å². The van der Waals surface area contributed by atoms with Gasteiger partial charge in [0.1, 0.15) is 11.9 Å². The summed E-state index contributed by atoms with van der Waals surface area (Å²) in [4.78, 5) is 0. The maximum atomic E-state index is 12.0. The van der Waals surface area contributed by atoms with Crippen molar-refractivity contribution in [1.29, 1.82) is 0 Å². The van der Waals surface area contributed by atoms with Crippen molar-refractivity contribution in [2.24, 2.45) is 0 Å². The van der Waals surface area contributed by atoms with Crippen molar-refractivity contribution in [3.05, 3.63) is 64.7 Å². The average Bonchev–Trinajstić information content (AvgIpc) is 2.37. The Morgan fingerprint density at radius 3 is 2.15 bits per heavy atom. The number of hydrogen-bond acceptors (Lipinski definition) is 2. The van der Waals surface area contributed by atoms with E-state index in [4.69, 9.17) is 11.6 Å². The molecule has 0 spiro atoms. The van der Waals surface area contributed by atoms with E-state index >= 15 is 0 Å². The lowest BCUT2D eigenvalue weighted by Crippen LogP contribution is -2.17. The molecular weight excluding hydrogens is 293 g/mol. The number of halogens is 4. The van der Waals surface area contributed by atoms with Crippen LogP contribution in [0.2, 0.25) is 5.02 Å². The molecule has 2 aromatic carbocycles. The van der Waals surface area contributed by atoms with E-state index in [1.165, 1.54) is 12.1 Å². The molecule has 106 valence electrons. The third kappa shape index (κ3) is 3.65. The molecule has 0 fully saturated rings. The third-order valence-corrected chi connectivity index (χ3v) is 2.97. The molecule has 0 aliphatic heterocycles. The van der Waals surface area contributed by atoms with Crippen LogP contribution in [0.3, 0.4) is 0 Å². The van der Waals surface area contributed by atoms with Crippen LogP contribution < -0.4 is 4.74 Å². The van der Waals surface area contributed by atoms with E-state index < -0.39 is 12.5 Å². The fourth-order valence-corrected chi connectivity index (χ4v) is 1.97. The average molecular weight is 303 g/mol. The molecule has 6 heteroatoms. The van der Waals surface area contributed by atoms with Crippen molar-refractivity contribution in [2.75, 3.05) is 0 Å². The van der Waals surface area contributed by atoms with Crippen LogP contribution in [0.25, 0.3) is 0 Å². The second-order valence-electron chi connectivity index (χ2n) is 4.04. The largest absolute Gasteiger partial charge is 0.573 e. The molecule has 1 unspecified atom stereocenters. The zero-order valence-corrected chi connectivity index (χ0v) is 10.8. The first kappa shape index (κ1) is 14.7. The van der Waals surface area contributed by atoms with Gasteiger partial charge in [-0.1, -0.05) is 41.9 Å². The smallest absolute Gasteiger partial charge is 0.406 e. The Hall–Kier alpha value is -1.72. The maximum Gasteiger partial charge on any atom is 0.573 e. The van der Waals surface area contributed by atoms with Gasteiger partial charge in [-0.3, -0.25) is 0 Å². The molecule has 2 aromatic rings. The lowest BCUT2D eigenvalue weighted by atomic mass is 10.0. The molecule has 2 nitrogen and oxygen atoms in total. The summed E-state index contributed by atoms with van der Waals surface area (Å²) in [6.45, 7) is 0. The molecule has 2 rings (SSSR count). The van der Waals surface area contributed by atoms with Gasteiger partial charge in [-0.25, -0.2) is 0 Å². The van der Waals surface area contributed by atoms with Crippen molar-refractivity contribution in [2.45, 2.75) is 12.5 Å². The van der Waals surface area contributed by atoms with E-state index in [9.17, 15) is 18.3 Å². The van der Waals surface area contributed by atoms with Gasteiger partial charge in [0.05, 0.1) is 0 Å². The third-order valence-electron chi connectivity index (χ3n) is 2.63. The van der Waals surface area contributed by atoms with Crippen LogP contribution in [0.5, 0.6) is 5.75 Å². The SMILES string of the molecule is OC(c1ccc(OC(F)(F)F)cc1)c1ccccc1Cl. The van der Waals surface area contributed by atoms with Crippen LogP contribution in [-0.2, 0) is 0 Å². The fourth-order valence-electron chi connectivity index (χ4n) is 1.73. The van der Waals surface area contributed by atoms with E-state index in [-0.39, 0.29) is 5.75 Å². The second-order valence-corrected chi connectivity index (χ2v) is 4.45. The minimum absolute atomic E-state index is 0.340. The van der Waals surface area contributed by atoms with Gasteiger partial charge in [-0.2, -0.15) is 0 Å². The van der Waals surface area contributed by atoms with Gasteiger partial charge in [0.2, 0.25) is 0 Å². The number of rotatable bonds is 3. The first-order valence-electron chi connectivity index (χ1n) is 5.65. The molecule has 0 bridgehead atoms. The lowest BCUT2D eigenvalue weighted by Gasteiger charge is -2.14. The van der Waals surface area contributed by atoms with Gasteiger partial charge in [-0.15, -0.1) is 13.2 Å². The number of ether oxygens (including phenoxy) is 1. The highest BCUT2D eigenvalue weighted by molar-refractivity contribution is 6.31. The highest BCUT2D eigenvalue weighted by Gasteiger charge is 2.31. The van der Waals surface area contributed by atoms with Crippen LogP contribution in [0.15, 0.2) is 48.5 Å². The minimum Gasteiger partial charge on any atom is -0.406 e. The summed E-state index contributed by atoms with van der Waals surface area (Å²) in [6.07, 6.45) is -5.74. The fraction of sp³-hybridized carbons (Fsp3) is 0.143. The van der Waals surface area contributed by atoms with E-state index in [0.717, 1.165) is 12.1 Å². The van der Waals surface area contributed by atoms with Gasteiger partial charge in [0, 0.05) is 10.6 Å². The molecular formula is C14H10ClF3O2. The van der Waals surface area contributed by atoms with Gasteiger partial charge >= 0.3 is 6.36 Å². The second kappa shape index (κ2) is 5.73. The Labute approximate surface area is 118 Å². The summed E-state index contributed by atoms with van der Waals surface area (Å²) >= 11 is 5.95. The lowest BCUT2D eigenvalue weighted by molar-refractivity contribution is -0.274. The van der Waals surface area contributed by atoms with Gasteiger partial charge < -0.3 is 9.84 Å². The first-order chi connectivity index (χ1) is 9.37. The van der Waals surface area contributed by atoms with E-state index in [2.05, 4.69) is 4.74 Å². The Bertz CT molecular complexity index is 582. The first-order valence-corrected chi connectivity index (χ1v) is 6.03. The highest BCUT2D eigenvalue weighted by atomic mass is 35.5. The monoisotopic (exact) mass is 302 g/mol. The van der Waals surface area contributed by atoms with Crippen molar-refractivity contribution in [1.82, 2.24) is 0 Å². The molecule has 0 aliphatic rings. The van der Waals surface area contributed by atoms with Crippen LogP contribution in [0.4, 0.5) is 13.2 Å². The minimum atomic E-state index is -4.73. The molecule has 1 N–H and O–H groups in total. The van der Waals surface area contributed by atoms with Crippen molar-refractivity contribution >= 4 is 11.6 Å². The quantitative estimate of drug-likeness (QED) is 0.915. The summed E-state index contributed by atoms with van der Waals surface area (Å²) < 4.78 is 39.8. The normalized spacial score (nSPS) is 13.1.